The standard InChI is InChI=1S/C20H22N2O7/c1-13(14-7-5-4-6-8-14)11-21-19(23)12-29-20(24)15-9-17(27-2)18(28-3)10-16(15)22(25)26/h4-10,13H,11-12H2,1-3H3,(H,21,23)/t13-/m1/s1. The Morgan fingerprint density at radius 1 is 1.10 bits per heavy atom. The number of benzene rings is 2. The highest BCUT2D eigenvalue weighted by atomic mass is 16.6. The SMILES string of the molecule is COc1cc(C(=O)OCC(=O)NC[C@@H](C)c2ccccc2)c([N+](=O)[O-])cc1OC. The Morgan fingerprint density at radius 2 is 1.72 bits per heavy atom. The highest BCUT2D eigenvalue weighted by molar-refractivity contribution is 5.96. The zero-order valence-corrected chi connectivity index (χ0v) is 16.3. The van der Waals surface area contributed by atoms with Crippen LogP contribution < -0.4 is 14.8 Å². The third-order valence-electron chi connectivity index (χ3n) is 4.23. The van der Waals surface area contributed by atoms with E-state index in [4.69, 9.17) is 14.2 Å². The topological polar surface area (TPSA) is 117 Å². The molecule has 0 fully saturated rings. The van der Waals surface area contributed by atoms with E-state index in [1.165, 1.54) is 14.2 Å². The molecule has 29 heavy (non-hydrogen) atoms. The fourth-order valence-electron chi connectivity index (χ4n) is 2.61. The van der Waals surface area contributed by atoms with Gasteiger partial charge in [0.1, 0.15) is 5.56 Å². The molecule has 0 aliphatic rings. The maximum Gasteiger partial charge on any atom is 0.345 e. The Kier molecular flexibility index (Phi) is 7.53. The first-order valence-corrected chi connectivity index (χ1v) is 8.76. The summed E-state index contributed by atoms with van der Waals surface area (Å²) in [7, 11) is 2.65. The third kappa shape index (κ3) is 5.68. The average Bonchev–Trinajstić information content (AvgIpc) is 2.75. The number of hydrogen-bond donors (Lipinski definition) is 1. The van der Waals surface area contributed by atoms with E-state index in [2.05, 4.69) is 5.32 Å². The largest absolute Gasteiger partial charge is 0.493 e. The Morgan fingerprint density at radius 3 is 2.31 bits per heavy atom. The fourth-order valence-corrected chi connectivity index (χ4v) is 2.61. The molecule has 0 saturated carbocycles. The first-order chi connectivity index (χ1) is 13.9. The number of nitrogens with zero attached hydrogens (tertiary/aromatic N) is 1. The van der Waals surface area contributed by atoms with Crippen LogP contribution in [0.5, 0.6) is 11.5 Å². The lowest BCUT2D eigenvalue weighted by Crippen LogP contribution is -2.31. The number of nitro benzene ring substituents is 1. The number of methoxy groups -OCH3 is 2. The number of esters is 1. The lowest BCUT2D eigenvalue weighted by Gasteiger charge is -2.13. The molecule has 2 rings (SSSR count). The van der Waals surface area contributed by atoms with E-state index >= 15 is 0 Å². The second kappa shape index (κ2) is 10.1. The van der Waals surface area contributed by atoms with E-state index in [1.54, 1.807) is 0 Å². The Bertz CT molecular complexity index is 884. The van der Waals surface area contributed by atoms with Crippen molar-refractivity contribution in [3.05, 3.63) is 63.7 Å². The van der Waals surface area contributed by atoms with Crippen LogP contribution in [0, 0.1) is 10.1 Å². The molecule has 9 heteroatoms. The Labute approximate surface area is 167 Å². The van der Waals surface area contributed by atoms with Gasteiger partial charge in [0.15, 0.2) is 18.1 Å². The number of ether oxygens (including phenoxy) is 3. The van der Waals surface area contributed by atoms with E-state index < -0.39 is 29.1 Å². The molecule has 1 N–H and O–H groups in total. The second-order valence-electron chi connectivity index (χ2n) is 6.17. The van der Waals surface area contributed by atoms with Crippen molar-refractivity contribution in [3.8, 4) is 11.5 Å². The molecule has 0 radical (unpaired) electrons. The Balaban J connectivity index is 1.99. The number of carbonyl (C=O) groups excluding carboxylic acids is 2. The summed E-state index contributed by atoms with van der Waals surface area (Å²) in [6, 6.07) is 11.8. The summed E-state index contributed by atoms with van der Waals surface area (Å²) in [5.41, 5.74) is 0.217. The maximum absolute atomic E-state index is 12.3. The van der Waals surface area contributed by atoms with Gasteiger partial charge in [-0.3, -0.25) is 14.9 Å². The predicted molar refractivity (Wildman–Crippen MR) is 104 cm³/mol. The molecule has 154 valence electrons. The summed E-state index contributed by atoms with van der Waals surface area (Å²) in [6.07, 6.45) is 0. The van der Waals surface area contributed by atoms with E-state index in [0.29, 0.717) is 6.54 Å². The molecular formula is C20H22N2O7. The molecule has 0 aromatic heterocycles. The highest BCUT2D eigenvalue weighted by Crippen LogP contribution is 2.34. The molecule has 1 amide bonds. The van der Waals surface area contributed by atoms with Crippen molar-refractivity contribution in [1.29, 1.82) is 0 Å². The van der Waals surface area contributed by atoms with Crippen molar-refractivity contribution in [1.82, 2.24) is 5.32 Å². The van der Waals surface area contributed by atoms with Crippen molar-refractivity contribution in [2.75, 3.05) is 27.4 Å². The first-order valence-electron chi connectivity index (χ1n) is 8.76. The van der Waals surface area contributed by atoms with Crippen LogP contribution in [-0.4, -0.2) is 44.2 Å². The molecule has 0 unspecified atom stereocenters. The van der Waals surface area contributed by atoms with Crippen LogP contribution in [0.1, 0.15) is 28.8 Å². The van der Waals surface area contributed by atoms with Crippen molar-refractivity contribution < 1.29 is 28.7 Å². The van der Waals surface area contributed by atoms with Gasteiger partial charge in [-0.25, -0.2) is 4.79 Å². The van der Waals surface area contributed by atoms with Gasteiger partial charge in [-0.2, -0.15) is 0 Å². The van der Waals surface area contributed by atoms with E-state index in [0.717, 1.165) is 17.7 Å². The summed E-state index contributed by atoms with van der Waals surface area (Å²) >= 11 is 0. The molecule has 1 atom stereocenters. The van der Waals surface area contributed by atoms with Gasteiger partial charge in [0.05, 0.1) is 25.2 Å². The molecule has 0 aliphatic heterocycles. The number of amides is 1. The minimum atomic E-state index is -1.01. The minimum absolute atomic E-state index is 0.0720. The molecule has 0 spiro atoms. The van der Waals surface area contributed by atoms with Crippen LogP contribution in [0.2, 0.25) is 0 Å². The molecule has 2 aromatic rings. The molecular weight excluding hydrogens is 380 g/mol. The van der Waals surface area contributed by atoms with Crippen LogP contribution in [-0.2, 0) is 9.53 Å². The van der Waals surface area contributed by atoms with Gasteiger partial charge in [-0.05, 0) is 11.5 Å². The average molecular weight is 402 g/mol. The highest BCUT2D eigenvalue weighted by Gasteiger charge is 2.26. The number of carbonyl (C=O) groups is 2. The van der Waals surface area contributed by atoms with Crippen LogP contribution in [0.4, 0.5) is 5.69 Å². The van der Waals surface area contributed by atoms with Crippen molar-refractivity contribution >= 4 is 17.6 Å². The Hall–Kier alpha value is -3.62. The van der Waals surface area contributed by atoms with Crippen LogP contribution in [0.3, 0.4) is 0 Å². The van der Waals surface area contributed by atoms with Crippen molar-refractivity contribution in [2.24, 2.45) is 0 Å². The van der Waals surface area contributed by atoms with Gasteiger partial charge in [-0.15, -0.1) is 0 Å². The molecule has 2 aromatic carbocycles. The zero-order chi connectivity index (χ0) is 21.4. The molecule has 0 bridgehead atoms. The first kappa shape index (κ1) is 21.7. The maximum atomic E-state index is 12.3. The van der Waals surface area contributed by atoms with Gasteiger partial charge >= 0.3 is 5.97 Å². The smallest absolute Gasteiger partial charge is 0.345 e. The summed E-state index contributed by atoms with van der Waals surface area (Å²) in [5, 5.41) is 13.9. The number of nitrogens with one attached hydrogen (secondary N) is 1. The van der Waals surface area contributed by atoms with Crippen LogP contribution >= 0.6 is 0 Å². The van der Waals surface area contributed by atoms with E-state index in [-0.39, 0.29) is 23.0 Å². The van der Waals surface area contributed by atoms with Gasteiger partial charge in [0.2, 0.25) is 0 Å². The molecule has 0 saturated heterocycles. The summed E-state index contributed by atoms with van der Waals surface area (Å²) < 4.78 is 15.0. The van der Waals surface area contributed by atoms with E-state index in [1.807, 2.05) is 37.3 Å². The zero-order valence-electron chi connectivity index (χ0n) is 16.3. The van der Waals surface area contributed by atoms with Crippen LogP contribution in [0.25, 0.3) is 0 Å². The van der Waals surface area contributed by atoms with Gasteiger partial charge in [0.25, 0.3) is 11.6 Å². The molecule has 9 nitrogen and oxygen atoms in total. The summed E-state index contributed by atoms with van der Waals surface area (Å²) in [6.45, 7) is 1.75. The van der Waals surface area contributed by atoms with Crippen molar-refractivity contribution in [2.45, 2.75) is 12.8 Å². The number of hydrogen-bond acceptors (Lipinski definition) is 7. The quantitative estimate of drug-likeness (QED) is 0.389. The lowest BCUT2D eigenvalue weighted by atomic mass is 10.0. The summed E-state index contributed by atoms with van der Waals surface area (Å²) in [5.74, 6) is -1.22. The normalized spacial score (nSPS) is 11.3. The fraction of sp³-hybridized carbons (Fsp3) is 0.300. The van der Waals surface area contributed by atoms with Gasteiger partial charge in [-0.1, -0.05) is 37.3 Å². The minimum Gasteiger partial charge on any atom is -0.493 e. The van der Waals surface area contributed by atoms with E-state index in [9.17, 15) is 19.7 Å². The van der Waals surface area contributed by atoms with Crippen LogP contribution in [0.15, 0.2) is 42.5 Å². The molecule has 0 aliphatic carbocycles. The molecule has 0 heterocycles. The van der Waals surface area contributed by atoms with Gasteiger partial charge in [0, 0.05) is 12.6 Å². The lowest BCUT2D eigenvalue weighted by molar-refractivity contribution is -0.385. The summed E-state index contributed by atoms with van der Waals surface area (Å²) in [4.78, 5) is 34.8. The predicted octanol–water partition coefficient (Wildman–Crippen LogP) is 2.69. The number of nitro groups is 1. The third-order valence-corrected chi connectivity index (χ3v) is 4.23. The monoisotopic (exact) mass is 402 g/mol. The second-order valence-corrected chi connectivity index (χ2v) is 6.17. The number of rotatable bonds is 9. The van der Waals surface area contributed by atoms with Crippen molar-refractivity contribution in [3.63, 3.8) is 0 Å². The van der Waals surface area contributed by atoms with Gasteiger partial charge < -0.3 is 19.5 Å².